The van der Waals surface area contributed by atoms with Crippen molar-refractivity contribution in [3.05, 3.63) is 0 Å². The fourth-order valence-electron chi connectivity index (χ4n) is 0. The average molecular weight is 550 g/mol. The van der Waals surface area contributed by atoms with Crippen LogP contribution in [0.4, 0.5) is 46.0 Å². The van der Waals surface area contributed by atoms with E-state index in [0.717, 1.165) is 0 Å². The third-order valence-electron chi connectivity index (χ3n) is 0. The predicted octanol–water partition coefficient (Wildman–Crippen LogP) is 5.52. The van der Waals surface area contributed by atoms with E-state index in [-0.39, 0.29) is 44.8 Å². The van der Waals surface area contributed by atoms with Crippen LogP contribution in [0, 0.1) is 0 Å². The summed E-state index contributed by atoms with van der Waals surface area (Å²) in [5.41, 5.74) is 0. The molecule has 0 radical (unpaired) electrons. The first-order valence-electron chi connectivity index (χ1n) is 2.03. The van der Waals surface area contributed by atoms with Gasteiger partial charge in [0.2, 0.25) is 0 Å². The van der Waals surface area contributed by atoms with E-state index >= 15 is 0 Å². The molecule has 0 aliphatic rings. The van der Waals surface area contributed by atoms with E-state index in [4.69, 9.17) is 0 Å². The molecule has 0 fully saturated rings. The zero-order chi connectivity index (χ0) is 12.8. The zero-order valence-corrected chi connectivity index (χ0v) is 11.8. The molecule has 0 unspecified atom stereocenters. The third kappa shape index (κ3) is 1260. The summed E-state index contributed by atoms with van der Waals surface area (Å²) in [7, 11) is -10.7. The molecule has 16 heteroatoms. The smallest absolute Gasteiger partial charge is 1.00 e. The van der Waals surface area contributed by atoms with Crippen LogP contribution in [0.25, 0.3) is 0 Å². The Morgan fingerprint density at radius 3 is 0.500 bits per heavy atom. The van der Waals surface area contributed by atoms with Crippen LogP contribution in [-0.4, -0.2) is 14.2 Å². The molecular weight excluding hydrogens is 550 g/mol. The Hall–Kier alpha value is 1.63. The van der Waals surface area contributed by atoms with Crippen molar-refractivity contribution in [3.8, 4) is 0 Å². The fourth-order valence-corrected chi connectivity index (χ4v) is 0. The van der Waals surface area contributed by atoms with Crippen LogP contribution in [0.3, 0.4) is 0 Å². The van der Waals surface area contributed by atoms with E-state index in [9.17, 15) is 46.0 Å². The van der Waals surface area contributed by atoms with E-state index in [0.29, 0.717) is 0 Å². The van der Waals surface area contributed by atoms with Crippen molar-refractivity contribution in [2.75, 3.05) is 0 Å². The molecule has 0 saturated carbocycles. The van der Waals surface area contributed by atoms with E-state index in [2.05, 4.69) is 0 Å². The average Bonchev–Trinajstić information content (AvgIpc) is 0.938. The van der Waals surface area contributed by atoms with E-state index in [1.807, 2.05) is 0 Å². The second kappa shape index (κ2) is 4.06. The molecule has 0 saturated heterocycles. The van der Waals surface area contributed by atoms with Crippen molar-refractivity contribution >= 4 is 22.0 Å². The molecule has 0 aromatic rings. The Morgan fingerprint density at radius 2 is 0.500 bits per heavy atom. The number of hydrogen-bond donors (Lipinski definition) is 0. The summed E-state index contributed by atoms with van der Waals surface area (Å²) in [5.74, 6) is 0. The Morgan fingerprint density at radius 1 is 0.500 bits per heavy atom. The number of rotatable bonds is 0. The first-order chi connectivity index (χ1) is 4.90. The third-order valence-corrected chi connectivity index (χ3v) is 0. The van der Waals surface area contributed by atoms with Crippen LogP contribution in [0.2, 0.25) is 0 Å². The minimum absolute atomic E-state index is 0. The van der Waals surface area contributed by atoms with Crippen molar-refractivity contribution < 1.29 is 90.7 Å². The molecule has 0 rings (SSSR count). The van der Waals surface area contributed by atoms with Gasteiger partial charge in [0.15, 0.2) is 0 Å². The molecule has 0 bridgehead atoms. The van der Waals surface area contributed by atoms with Gasteiger partial charge in [0.25, 0.3) is 0 Å². The first-order valence-corrected chi connectivity index (χ1v) is 8.31. The van der Waals surface area contributed by atoms with Crippen molar-refractivity contribution in [2.45, 2.75) is 0 Å². The molecule has 16 heavy (non-hydrogen) atoms. The topological polar surface area (TPSA) is 0 Å². The molecule has 0 atom stereocenters. The van der Waals surface area contributed by atoms with Crippen LogP contribution < -0.4 is 0 Å². The van der Waals surface area contributed by atoms with Gasteiger partial charge in [0, 0.05) is 0 Å². The van der Waals surface area contributed by atoms with Gasteiger partial charge in [0.1, 0.15) is 0 Å². The van der Waals surface area contributed by atoms with Crippen LogP contribution in [0.15, 0.2) is 0 Å². The molecule has 0 spiro atoms. The van der Waals surface area contributed by atoms with Crippen LogP contribution in [0.5, 0.6) is 0 Å². The standard InChI is InChI=1S/2Ag.AsF6.F6P/c;;2-1(3,4,5,6)7;1-7(2,3,4,5)6/q2*+1;2*-1. The van der Waals surface area contributed by atoms with Gasteiger partial charge < -0.3 is 0 Å². The Kier molecular flexibility index (Phi) is 6.66. The SMILES string of the molecule is F[As-](F)(F)(F)(F)F.F[P-](F)(F)(F)(F)F.[Ag+].[Ag+]. The summed E-state index contributed by atoms with van der Waals surface area (Å²) in [6.45, 7) is 0. The van der Waals surface area contributed by atoms with Crippen molar-refractivity contribution in [1.29, 1.82) is 0 Å². The first kappa shape index (κ1) is 26.2. The summed E-state index contributed by atoms with van der Waals surface area (Å²) >= 11 is -11.1. The number of hydrogen-bond acceptors (Lipinski definition) is 0. The van der Waals surface area contributed by atoms with Crippen LogP contribution >= 0.6 is 7.81 Å². The van der Waals surface area contributed by atoms with Gasteiger partial charge in [-0.1, -0.05) is 0 Å². The van der Waals surface area contributed by atoms with Crippen molar-refractivity contribution in [2.24, 2.45) is 0 Å². The Balaban J connectivity index is -0.0000000800. The molecule has 116 valence electrons. The van der Waals surface area contributed by atoms with Crippen molar-refractivity contribution in [3.63, 3.8) is 0 Å². The molecule has 0 aliphatic heterocycles. The monoisotopic (exact) mass is 548 g/mol. The van der Waals surface area contributed by atoms with Crippen LogP contribution in [-0.2, 0) is 44.8 Å². The van der Waals surface area contributed by atoms with Gasteiger partial charge in [-0.15, -0.1) is 0 Å². The second-order valence-electron chi connectivity index (χ2n) is 1.92. The molecule has 0 nitrogen and oxygen atoms in total. The minimum Gasteiger partial charge on any atom is 1.00 e. The summed E-state index contributed by atoms with van der Waals surface area (Å²) in [4.78, 5) is 0. The molecule has 0 aromatic heterocycles. The van der Waals surface area contributed by atoms with Gasteiger partial charge in [-0.3, -0.25) is 0 Å². The normalized spacial score (nSPS) is 20.2. The fraction of sp³-hybridized carbons (Fsp3) is 0. The summed E-state index contributed by atoms with van der Waals surface area (Å²) in [6, 6.07) is 0. The molecule has 0 aromatic carbocycles. The van der Waals surface area contributed by atoms with E-state index < -0.39 is 22.0 Å². The van der Waals surface area contributed by atoms with Crippen LogP contribution in [0.1, 0.15) is 0 Å². The molecule has 0 N–H and O–H groups in total. The second-order valence-corrected chi connectivity index (χ2v) is 7.85. The molecule has 0 amide bonds. The van der Waals surface area contributed by atoms with Gasteiger partial charge in [-0.2, -0.15) is 0 Å². The summed E-state index contributed by atoms with van der Waals surface area (Å²) in [5, 5.41) is 0. The Labute approximate surface area is 112 Å². The van der Waals surface area contributed by atoms with Crippen molar-refractivity contribution in [1.82, 2.24) is 0 Å². The van der Waals surface area contributed by atoms with Gasteiger partial charge in [0.05, 0.1) is 0 Å². The summed E-state index contributed by atoms with van der Waals surface area (Å²) in [6.07, 6.45) is 0. The molecular formula is Ag2AsF12P. The predicted molar refractivity (Wildman–Crippen MR) is 26.0 cm³/mol. The van der Waals surface area contributed by atoms with E-state index in [1.54, 1.807) is 0 Å². The quantitative estimate of drug-likeness (QED) is 0.212. The minimum atomic E-state index is -11.1. The maximum Gasteiger partial charge on any atom is 1.00 e. The van der Waals surface area contributed by atoms with E-state index in [1.165, 1.54) is 0 Å². The number of halogens is 12. The molecule has 0 aliphatic carbocycles. The summed E-state index contributed by atoms with van der Waals surface area (Å²) < 4.78 is 119. The maximum atomic E-state index is 9.91. The maximum absolute atomic E-state index is 11.1. The largest absolute Gasteiger partial charge is 1.00 e. The zero-order valence-electron chi connectivity index (χ0n) is 6.03. The Bertz CT molecular complexity index is 166. The van der Waals surface area contributed by atoms with Gasteiger partial charge in [-0.25, -0.2) is 0 Å². The van der Waals surface area contributed by atoms with Gasteiger partial charge in [-0.05, 0) is 0 Å². The van der Waals surface area contributed by atoms with Gasteiger partial charge >= 0.3 is 113 Å². The molecule has 0 heterocycles.